The van der Waals surface area contributed by atoms with E-state index in [1.165, 1.54) is 38.4 Å². The van der Waals surface area contributed by atoms with E-state index in [9.17, 15) is 13.2 Å². The van der Waals surface area contributed by atoms with E-state index >= 15 is 0 Å². The van der Waals surface area contributed by atoms with Crippen LogP contribution in [-0.2, 0) is 24.4 Å². The average Bonchev–Trinajstić information content (AvgIpc) is 2.54. The van der Waals surface area contributed by atoms with Gasteiger partial charge in [-0.2, -0.15) is 0 Å². The number of rotatable bonds is 9. The SMILES string of the molecule is C=CCCOC(C)C(=O)Nc1ccc(S(=O)(=O)N(C)OC)cc1. The zero-order valence-corrected chi connectivity index (χ0v) is 14.3. The summed E-state index contributed by atoms with van der Waals surface area (Å²) in [7, 11) is -1.14. The van der Waals surface area contributed by atoms with E-state index < -0.39 is 16.1 Å². The summed E-state index contributed by atoms with van der Waals surface area (Å²) in [5, 5.41) is 2.66. The molecule has 1 aromatic carbocycles. The number of carbonyl (C=O) groups is 1. The van der Waals surface area contributed by atoms with Crippen molar-refractivity contribution < 1.29 is 22.8 Å². The third-order valence-electron chi connectivity index (χ3n) is 3.07. The number of anilines is 1. The van der Waals surface area contributed by atoms with Gasteiger partial charge in [0.2, 0.25) is 0 Å². The van der Waals surface area contributed by atoms with Crippen molar-refractivity contribution in [1.82, 2.24) is 4.47 Å². The largest absolute Gasteiger partial charge is 0.368 e. The highest BCUT2D eigenvalue weighted by atomic mass is 32.2. The van der Waals surface area contributed by atoms with E-state index in [2.05, 4.69) is 11.9 Å². The number of hydrogen-bond acceptors (Lipinski definition) is 5. The van der Waals surface area contributed by atoms with Gasteiger partial charge >= 0.3 is 0 Å². The van der Waals surface area contributed by atoms with E-state index in [-0.39, 0.29) is 10.8 Å². The van der Waals surface area contributed by atoms with Gasteiger partial charge in [-0.25, -0.2) is 8.42 Å². The maximum absolute atomic E-state index is 12.0. The predicted octanol–water partition coefficient (Wildman–Crippen LogP) is 1.79. The Morgan fingerprint density at radius 2 is 2.00 bits per heavy atom. The van der Waals surface area contributed by atoms with Crippen LogP contribution in [-0.4, -0.2) is 45.7 Å². The molecule has 0 fully saturated rings. The van der Waals surface area contributed by atoms with Gasteiger partial charge in [-0.15, -0.1) is 6.58 Å². The Hall–Kier alpha value is -1.74. The molecule has 1 unspecified atom stereocenters. The van der Waals surface area contributed by atoms with Gasteiger partial charge in [0.25, 0.3) is 15.9 Å². The van der Waals surface area contributed by atoms with Gasteiger partial charge in [-0.3, -0.25) is 9.63 Å². The van der Waals surface area contributed by atoms with Crippen molar-refractivity contribution in [1.29, 1.82) is 0 Å². The van der Waals surface area contributed by atoms with Crippen LogP contribution >= 0.6 is 0 Å². The first kappa shape index (κ1) is 19.3. The number of ether oxygens (including phenoxy) is 1. The third-order valence-corrected chi connectivity index (χ3v) is 4.77. The summed E-state index contributed by atoms with van der Waals surface area (Å²) in [5.41, 5.74) is 0.480. The Morgan fingerprint density at radius 3 is 2.52 bits per heavy atom. The first-order valence-electron chi connectivity index (χ1n) is 6.99. The molecule has 128 valence electrons. The lowest BCUT2D eigenvalue weighted by atomic mass is 10.3. The van der Waals surface area contributed by atoms with Crippen molar-refractivity contribution in [3.8, 4) is 0 Å². The smallest absolute Gasteiger partial charge is 0.264 e. The Bertz CT molecular complexity index is 628. The van der Waals surface area contributed by atoms with Gasteiger partial charge in [0.1, 0.15) is 6.10 Å². The molecule has 1 amide bonds. The van der Waals surface area contributed by atoms with Crippen LogP contribution in [0.25, 0.3) is 0 Å². The first-order valence-corrected chi connectivity index (χ1v) is 8.43. The number of hydroxylamine groups is 1. The quantitative estimate of drug-likeness (QED) is 0.420. The molecule has 1 rings (SSSR count). The maximum atomic E-state index is 12.0. The molecule has 0 saturated heterocycles. The molecule has 0 aliphatic rings. The molecule has 0 aliphatic heterocycles. The molecule has 8 heteroatoms. The Balaban J connectivity index is 2.70. The highest BCUT2D eigenvalue weighted by Gasteiger charge is 2.20. The summed E-state index contributed by atoms with van der Waals surface area (Å²) in [6, 6.07) is 5.79. The molecule has 1 atom stereocenters. The minimum atomic E-state index is -3.70. The third kappa shape index (κ3) is 5.43. The van der Waals surface area contributed by atoms with Crippen LogP contribution in [0.15, 0.2) is 41.8 Å². The van der Waals surface area contributed by atoms with E-state index in [1.54, 1.807) is 13.0 Å². The summed E-state index contributed by atoms with van der Waals surface area (Å²) in [5.74, 6) is -0.307. The second-order valence-electron chi connectivity index (χ2n) is 4.70. The second kappa shape index (κ2) is 8.78. The number of sulfonamides is 1. The minimum absolute atomic E-state index is 0.0649. The first-order chi connectivity index (χ1) is 10.8. The van der Waals surface area contributed by atoms with Crippen molar-refractivity contribution in [2.75, 3.05) is 26.1 Å². The molecule has 23 heavy (non-hydrogen) atoms. The standard InChI is InChI=1S/C15H22N2O5S/c1-5-6-11-22-12(2)15(18)16-13-7-9-14(10-8-13)23(19,20)17(3)21-4/h5,7-10,12H,1,6,11H2,2-4H3,(H,16,18). The number of hydrogen-bond donors (Lipinski definition) is 1. The fourth-order valence-corrected chi connectivity index (χ4v) is 2.58. The molecular weight excluding hydrogens is 320 g/mol. The lowest BCUT2D eigenvalue weighted by molar-refractivity contribution is -0.126. The van der Waals surface area contributed by atoms with Crippen molar-refractivity contribution in [3.05, 3.63) is 36.9 Å². The van der Waals surface area contributed by atoms with Crippen LogP contribution in [0.4, 0.5) is 5.69 Å². The fraction of sp³-hybridized carbons (Fsp3) is 0.400. The molecule has 0 aromatic heterocycles. The lowest BCUT2D eigenvalue weighted by Crippen LogP contribution is -2.28. The van der Waals surface area contributed by atoms with Crippen molar-refractivity contribution in [2.45, 2.75) is 24.3 Å². The van der Waals surface area contributed by atoms with Crippen molar-refractivity contribution in [3.63, 3.8) is 0 Å². The number of amides is 1. The van der Waals surface area contributed by atoms with Crippen LogP contribution in [0.3, 0.4) is 0 Å². The minimum Gasteiger partial charge on any atom is -0.368 e. The van der Waals surface area contributed by atoms with Crippen molar-refractivity contribution in [2.24, 2.45) is 0 Å². The van der Waals surface area contributed by atoms with E-state index in [4.69, 9.17) is 9.57 Å². The fourth-order valence-electron chi connectivity index (χ4n) is 1.60. The molecule has 0 radical (unpaired) electrons. The summed E-state index contributed by atoms with van der Waals surface area (Å²) >= 11 is 0. The Kier molecular flexibility index (Phi) is 7.37. The molecule has 7 nitrogen and oxygen atoms in total. The summed E-state index contributed by atoms with van der Waals surface area (Å²) in [6.07, 6.45) is 1.76. The normalized spacial score (nSPS) is 12.9. The van der Waals surface area contributed by atoms with Gasteiger partial charge in [0.05, 0.1) is 18.6 Å². The van der Waals surface area contributed by atoms with Crippen LogP contribution in [0, 0.1) is 0 Å². The van der Waals surface area contributed by atoms with Gasteiger partial charge in [0.15, 0.2) is 0 Å². The monoisotopic (exact) mass is 342 g/mol. The van der Waals surface area contributed by atoms with Crippen LogP contribution in [0.5, 0.6) is 0 Å². The summed E-state index contributed by atoms with van der Waals surface area (Å²) in [4.78, 5) is 16.7. The van der Waals surface area contributed by atoms with E-state index in [0.29, 0.717) is 18.7 Å². The second-order valence-corrected chi connectivity index (χ2v) is 6.64. The average molecular weight is 342 g/mol. The topological polar surface area (TPSA) is 84.9 Å². The number of carbonyl (C=O) groups excluding carboxylic acids is 1. The molecule has 0 bridgehead atoms. The van der Waals surface area contributed by atoms with E-state index in [1.807, 2.05) is 0 Å². The van der Waals surface area contributed by atoms with Crippen LogP contribution in [0.2, 0.25) is 0 Å². The molecule has 0 aliphatic carbocycles. The van der Waals surface area contributed by atoms with Gasteiger partial charge in [-0.05, 0) is 37.6 Å². The highest BCUT2D eigenvalue weighted by molar-refractivity contribution is 7.89. The molecule has 0 heterocycles. The van der Waals surface area contributed by atoms with Gasteiger partial charge < -0.3 is 10.1 Å². The van der Waals surface area contributed by atoms with Crippen LogP contribution in [0.1, 0.15) is 13.3 Å². The molecule has 0 spiro atoms. The summed E-state index contributed by atoms with van der Waals surface area (Å²) in [6.45, 7) is 5.63. The van der Waals surface area contributed by atoms with Gasteiger partial charge in [-0.1, -0.05) is 10.5 Å². The zero-order chi connectivity index (χ0) is 17.5. The Labute approximate surface area is 136 Å². The van der Waals surface area contributed by atoms with Crippen LogP contribution < -0.4 is 5.32 Å². The lowest BCUT2D eigenvalue weighted by Gasteiger charge is -2.15. The number of benzene rings is 1. The molecule has 0 saturated carbocycles. The maximum Gasteiger partial charge on any atom is 0.264 e. The van der Waals surface area contributed by atoms with E-state index in [0.717, 1.165) is 4.47 Å². The zero-order valence-electron chi connectivity index (χ0n) is 13.5. The molecule has 1 N–H and O–H groups in total. The number of nitrogens with one attached hydrogen (secondary N) is 1. The van der Waals surface area contributed by atoms with Gasteiger partial charge in [0, 0.05) is 12.7 Å². The molecule has 1 aromatic rings. The van der Waals surface area contributed by atoms with Crippen molar-refractivity contribution >= 4 is 21.6 Å². The number of nitrogens with zero attached hydrogens (tertiary/aromatic N) is 1. The highest BCUT2D eigenvalue weighted by Crippen LogP contribution is 2.17. The Morgan fingerprint density at radius 1 is 1.39 bits per heavy atom. The predicted molar refractivity (Wildman–Crippen MR) is 87.3 cm³/mol. The molecular formula is C15H22N2O5S. The summed E-state index contributed by atoms with van der Waals surface area (Å²) < 4.78 is 30.2.